The molecule has 0 unspecified atom stereocenters. The number of amides is 1. The first-order valence-corrected chi connectivity index (χ1v) is 6.61. The van der Waals surface area contributed by atoms with E-state index < -0.39 is 0 Å². The van der Waals surface area contributed by atoms with Crippen molar-refractivity contribution in [3.63, 3.8) is 0 Å². The number of morpholine rings is 1. The smallest absolute Gasteiger partial charge is 0.255 e. The molecule has 3 nitrogen and oxygen atoms in total. The van der Waals surface area contributed by atoms with Gasteiger partial charge in [0.15, 0.2) is 0 Å². The monoisotopic (exact) mass is 317 g/mol. The lowest BCUT2D eigenvalue weighted by molar-refractivity contribution is -0.0124. The topological polar surface area (TPSA) is 29.5 Å². The third kappa shape index (κ3) is 3.00. The van der Waals surface area contributed by atoms with Gasteiger partial charge in [-0.05, 0) is 41.1 Å². The highest BCUT2D eigenvalue weighted by Crippen LogP contribution is 2.23. The lowest BCUT2D eigenvalue weighted by atomic mass is 10.2. The van der Waals surface area contributed by atoms with Crippen molar-refractivity contribution in [3.8, 4) is 0 Å². The molecule has 0 aliphatic carbocycles. The van der Waals surface area contributed by atoms with Crippen LogP contribution in [0.25, 0.3) is 0 Å². The Kier molecular flexibility index (Phi) is 4.07. The average Bonchev–Trinajstić information content (AvgIpc) is 2.31. The first kappa shape index (κ1) is 12.9. The lowest BCUT2D eigenvalue weighted by Crippen LogP contribution is -2.44. The van der Waals surface area contributed by atoms with Crippen LogP contribution in [0, 0.1) is 0 Å². The predicted molar refractivity (Wildman–Crippen MR) is 70.5 cm³/mol. The maximum absolute atomic E-state index is 12.3. The molecule has 1 aromatic carbocycles. The minimum absolute atomic E-state index is 0.00507. The molecule has 0 aromatic heterocycles. The minimum atomic E-state index is -0.00507. The Morgan fingerprint density at radius 1 is 1.59 bits per heavy atom. The number of halogens is 2. The van der Waals surface area contributed by atoms with E-state index in [0.717, 1.165) is 4.47 Å². The highest BCUT2D eigenvalue weighted by molar-refractivity contribution is 9.10. The number of hydrogen-bond acceptors (Lipinski definition) is 2. The molecule has 1 aliphatic heterocycles. The molecule has 1 aromatic rings. The van der Waals surface area contributed by atoms with E-state index in [1.165, 1.54) is 0 Å². The zero-order chi connectivity index (χ0) is 12.4. The third-order valence-corrected chi connectivity index (χ3v) is 3.61. The highest BCUT2D eigenvalue weighted by Gasteiger charge is 2.23. The van der Waals surface area contributed by atoms with Crippen LogP contribution in [0.1, 0.15) is 17.3 Å². The Morgan fingerprint density at radius 2 is 2.35 bits per heavy atom. The number of benzene rings is 1. The number of nitrogens with zero attached hydrogens (tertiary/aromatic N) is 1. The Labute approximate surface area is 114 Å². The fraction of sp³-hybridized carbons (Fsp3) is 0.417. The van der Waals surface area contributed by atoms with Crippen LogP contribution in [0.5, 0.6) is 0 Å². The SMILES string of the molecule is C[C@@H]1CN(C(=O)c2cc(Cl)ccc2Br)CCO1. The molecule has 1 amide bonds. The van der Waals surface area contributed by atoms with Gasteiger partial charge in [0.05, 0.1) is 18.3 Å². The molecule has 1 saturated heterocycles. The van der Waals surface area contributed by atoms with Gasteiger partial charge in [-0.1, -0.05) is 11.6 Å². The maximum Gasteiger partial charge on any atom is 0.255 e. The molecule has 0 radical (unpaired) electrons. The summed E-state index contributed by atoms with van der Waals surface area (Å²) in [5.41, 5.74) is 0.603. The van der Waals surface area contributed by atoms with Crippen molar-refractivity contribution in [1.82, 2.24) is 4.90 Å². The molecule has 17 heavy (non-hydrogen) atoms. The summed E-state index contributed by atoms with van der Waals surface area (Å²) in [5.74, 6) is -0.00507. The van der Waals surface area contributed by atoms with Gasteiger partial charge in [-0.15, -0.1) is 0 Å². The van der Waals surface area contributed by atoms with Crippen molar-refractivity contribution in [2.75, 3.05) is 19.7 Å². The maximum atomic E-state index is 12.3. The summed E-state index contributed by atoms with van der Waals surface area (Å²) in [4.78, 5) is 14.1. The van der Waals surface area contributed by atoms with Crippen LogP contribution in [0.4, 0.5) is 0 Å². The van der Waals surface area contributed by atoms with Gasteiger partial charge in [-0.25, -0.2) is 0 Å². The van der Waals surface area contributed by atoms with E-state index in [4.69, 9.17) is 16.3 Å². The summed E-state index contributed by atoms with van der Waals surface area (Å²) < 4.78 is 6.19. The van der Waals surface area contributed by atoms with Gasteiger partial charge in [-0.2, -0.15) is 0 Å². The molecule has 0 N–H and O–H groups in total. The summed E-state index contributed by atoms with van der Waals surface area (Å²) in [6.07, 6.45) is 0.0886. The lowest BCUT2D eigenvalue weighted by Gasteiger charge is -2.31. The van der Waals surface area contributed by atoms with E-state index in [0.29, 0.717) is 30.3 Å². The Morgan fingerprint density at radius 3 is 3.06 bits per heavy atom. The fourth-order valence-corrected chi connectivity index (χ4v) is 2.42. The van der Waals surface area contributed by atoms with Gasteiger partial charge in [0, 0.05) is 22.6 Å². The molecule has 0 saturated carbocycles. The molecule has 1 fully saturated rings. The fourth-order valence-electron chi connectivity index (χ4n) is 1.83. The Balaban J connectivity index is 2.21. The molecule has 0 spiro atoms. The Bertz CT molecular complexity index is 439. The predicted octanol–water partition coefficient (Wildman–Crippen LogP) is 2.96. The number of ether oxygens (including phenoxy) is 1. The van der Waals surface area contributed by atoms with Crippen LogP contribution >= 0.6 is 27.5 Å². The van der Waals surface area contributed by atoms with E-state index in [2.05, 4.69) is 15.9 Å². The normalized spacial score (nSPS) is 20.4. The Hall–Kier alpha value is -0.580. The zero-order valence-corrected chi connectivity index (χ0v) is 11.8. The van der Waals surface area contributed by atoms with Crippen molar-refractivity contribution in [2.24, 2.45) is 0 Å². The number of hydrogen-bond donors (Lipinski definition) is 0. The van der Waals surface area contributed by atoms with Crippen molar-refractivity contribution >= 4 is 33.4 Å². The molecular formula is C12H13BrClNO2. The first-order chi connectivity index (χ1) is 8.08. The molecule has 1 aliphatic rings. The van der Waals surface area contributed by atoms with Crippen LogP contribution in [0.3, 0.4) is 0 Å². The third-order valence-electron chi connectivity index (χ3n) is 2.69. The van der Waals surface area contributed by atoms with Gasteiger partial charge < -0.3 is 9.64 Å². The van der Waals surface area contributed by atoms with Crippen LogP contribution < -0.4 is 0 Å². The second-order valence-corrected chi connectivity index (χ2v) is 5.35. The zero-order valence-electron chi connectivity index (χ0n) is 9.45. The van der Waals surface area contributed by atoms with Crippen molar-refractivity contribution in [2.45, 2.75) is 13.0 Å². The van der Waals surface area contributed by atoms with Crippen molar-refractivity contribution < 1.29 is 9.53 Å². The van der Waals surface area contributed by atoms with Gasteiger partial charge in [0.2, 0.25) is 0 Å². The number of carbonyl (C=O) groups is 1. The van der Waals surface area contributed by atoms with E-state index in [1.54, 1.807) is 23.1 Å². The highest BCUT2D eigenvalue weighted by atomic mass is 79.9. The summed E-state index contributed by atoms with van der Waals surface area (Å²) >= 11 is 9.29. The summed E-state index contributed by atoms with van der Waals surface area (Å²) in [6.45, 7) is 3.80. The molecular weight excluding hydrogens is 305 g/mol. The summed E-state index contributed by atoms with van der Waals surface area (Å²) in [6, 6.07) is 5.23. The molecule has 92 valence electrons. The molecule has 2 rings (SSSR count). The van der Waals surface area contributed by atoms with Gasteiger partial charge >= 0.3 is 0 Å². The quantitative estimate of drug-likeness (QED) is 0.797. The summed E-state index contributed by atoms with van der Waals surface area (Å²) in [5, 5.41) is 0.567. The van der Waals surface area contributed by atoms with Crippen LogP contribution in [-0.2, 0) is 4.74 Å². The largest absolute Gasteiger partial charge is 0.375 e. The van der Waals surface area contributed by atoms with Gasteiger partial charge in [0.1, 0.15) is 0 Å². The molecule has 1 atom stereocenters. The molecule has 0 bridgehead atoms. The summed E-state index contributed by atoms with van der Waals surface area (Å²) in [7, 11) is 0. The van der Waals surface area contributed by atoms with E-state index in [-0.39, 0.29) is 12.0 Å². The second kappa shape index (κ2) is 5.38. The van der Waals surface area contributed by atoms with Gasteiger partial charge in [0.25, 0.3) is 5.91 Å². The molecule has 1 heterocycles. The van der Waals surface area contributed by atoms with Crippen molar-refractivity contribution in [3.05, 3.63) is 33.3 Å². The standard InChI is InChI=1S/C12H13BrClNO2/c1-8-7-15(4-5-17-8)12(16)10-6-9(14)2-3-11(10)13/h2-3,6,8H,4-5,7H2,1H3/t8-/m1/s1. The van der Waals surface area contributed by atoms with Crippen LogP contribution in [0.15, 0.2) is 22.7 Å². The first-order valence-electron chi connectivity index (χ1n) is 5.44. The average molecular weight is 319 g/mol. The van der Waals surface area contributed by atoms with Gasteiger partial charge in [-0.3, -0.25) is 4.79 Å². The second-order valence-electron chi connectivity index (χ2n) is 4.06. The minimum Gasteiger partial charge on any atom is -0.375 e. The number of carbonyl (C=O) groups excluding carboxylic acids is 1. The number of rotatable bonds is 1. The van der Waals surface area contributed by atoms with Crippen LogP contribution in [-0.4, -0.2) is 36.6 Å². The van der Waals surface area contributed by atoms with E-state index in [1.807, 2.05) is 6.92 Å². The van der Waals surface area contributed by atoms with Crippen molar-refractivity contribution in [1.29, 1.82) is 0 Å². The van der Waals surface area contributed by atoms with E-state index in [9.17, 15) is 4.79 Å². The van der Waals surface area contributed by atoms with E-state index >= 15 is 0 Å². The molecule has 5 heteroatoms. The van der Waals surface area contributed by atoms with Crippen LogP contribution in [0.2, 0.25) is 5.02 Å².